The lowest BCUT2D eigenvalue weighted by atomic mass is 10.1. The highest BCUT2D eigenvalue weighted by Gasteiger charge is 2.25. The predicted molar refractivity (Wildman–Crippen MR) is 52.3 cm³/mol. The fourth-order valence-electron chi connectivity index (χ4n) is 1.55. The van der Waals surface area contributed by atoms with Gasteiger partial charge in [0.1, 0.15) is 0 Å². The van der Waals surface area contributed by atoms with Crippen molar-refractivity contribution < 1.29 is 4.79 Å². The molecule has 1 rings (SSSR count). The van der Waals surface area contributed by atoms with Gasteiger partial charge in [0.25, 0.3) is 0 Å². The van der Waals surface area contributed by atoms with Gasteiger partial charge in [0.15, 0.2) is 0 Å². The van der Waals surface area contributed by atoms with Gasteiger partial charge in [-0.2, -0.15) is 0 Å². The van der Waals surface area contributed by atoms with Crippen LogP contribution >= 0.6 is 0 Å². The summed E-state index contributed by atoms with van der Waals surface area (Å²) in [4.78, 5) is 13.7. The van der Waals surface area contributed by atoms with E-state index in [4.69, 9.17) is 5.73 Å². The van der Waals surface area contributed by atoms with Gasteiger partial charge in [-0.1, -0.05) is 0 Å². The van der Waals surface area contributed by atoms with Crippen molar-refractivity contribution in [2.24, 2.45) is 11.7 Å². The van der Waals surface area contributed by atoms with Crippen LogP contribution < -0.4 is 11.1 Å². The third-order valence-corrected chi connectivity index (χ3v) is 2.36. The first-order valence-electron chi connectivity index (χ1n) is 4.81. The van der Waals surface area contributed by atoms with E-state index in [1.165, 1.54) is 0 Å². The number of nitrogens with two attached hydrogens (primary N) is 1. The van der Waals surface area contributed by atoms with Gasteiger partial charge in [0, 0.05) is 19.1 Å². The largest absolute Gasteiger partial charge is 0.354 e. The number of amides is 1. The maximum Gasteiger partial charge on any atom is 0.224 e. The summed E-state index contributed by atoms with van der Waals surface area (Å²) in [6, 6.07) is 0.0445. The Hall–Kier alpha value is -0.610. The van der Waals surface area contributed by atoms with Crippen molar-refractivity contribution in [2.75, 3.05) is 26.7 Å². The van der Waals surface area contributed by atoms with Crippen LogP contribution in [0, 0.1) is 5.92 Å². The minimum Gasteiger partial charge on any atom is -0.354 e. The first-order chi connectivity index (χ1) is 6.09. The number of nitrogens with one attached hydrogen (secondary N) is 1. The van der Waals surface area contributed by atoms with Gasteiger partial charge < -0.3 is 16.0 Å². The van der Waals surface area contributed by atoms with Crippen molar-refractivity contribution in [3.05, 3.63) is 0 Å². The van der Waals surface area contributed by atoms with Gasteiger partial charge >= 0.3 is 0 Å². The van der Waals surface area contributed by atoms with Crippen LogP contribution in [-0.2, 0) is 4.79 Å². The minimum absolute atomic E-state index is 0.0445. The molecule has 0 aliphatic carbocycles. The Labute approximate surface area is 79.5 Å². The summed E-state index contributed by atoms with van der Waals surface area (Å²) in [6.07, 6.45) is 0.973. The van der Waals surface area contributed by atoms with E-state index in [0.717, 1.165) is 19.5 Å². The summed E-state index contributed by atoms with van der Waals surface area (Å²) >= 11 is 0. The lowest BCUT2D eigenvalue weighted by Gasteiger charge is -2.12. The van der Waals surface area contributed by atoms with Crippen molar-refractivity contribution in [1.29, 1.82) is 0 Å². The van der Waals surface area contributed by atoms with E-state index in [-0.39, 0.29) is 17.9 Å². The van der Waals surface area contributed by atoms with Crippen LogP contribution in [0.2, 0.25) is 0 Å². The second-order valence-corrected chi connectivity index (χ2v) is 3.97. The van der Waals surface area contributed by atoms with E-state index in [1.807, 2.05) is 14.0 Å². The fourth-order valence-corrected chi connectivity index (χ4v) is 1.55. The summed E-state index contributed by atoms with van der Waals surface area (Å²) < 4.78 is 0. The molecule has 76 valence electrons. The van der Waals surface area contributed by atoms with Crippen LogP contribution in [0.3, 0.4) is 0 Å². The van der Waals surface area contributed by atoms with E-state index < -0.39 is 0 Å². The van der Waals surface area contributed by atoms with Gasteiger partial charge in [-0.15, -0.1) is 0 Å². The zero-order valence-corrected chi connectivity index (χ0v) is 8.42. The minimum atomic E-state index is 0.0445. The van der Waals surface area contributed by atoms with Gasteiger partial charge in [0.2, 0.25) is 5.91 Å². The molecule has 0 spiro atoms. The Balaban J connectivity index is 2.24. The smallest absolute Gasteiger partial charge is 0.224 e. The third kappa shape index (κ3) is 3.32. The highest BCUT2D eigenvalue weighted by molar-refractivity contribution is 5.79. The monoisotopic (exact) mass is 185 g/mol. The number of likely N-dealkylation sites (tertiary alicyclic amines) is 1. The van der Waals surface area contributed by atoms with Crippen LogP contribution in [0.25, 0.3) is 0 Å². The average molecular weight is 185 g/mol. The highest BCUT2D eigenvalue weighted by Crippen LogP contribution is 2.13. The molecule has 1 heterocycles. The van der Waals surface area contributed by atoms with Crippen LogP contribution in [0.4, 0.5) is 0 Å². The molecule has 4 heteroatoms. The standard InChI is InChI=1S/C9H19N3O/c1-7(10)5-11-9(13)8-3-4-12(2)6-8/h7-8H,3-6,10H2,1-2H3,(H,11,13). The normalized spacial score (nSPS) is 25.9. The molecule has 1 fully saturated rings. The van der Waals surface area contributed by atoms with E-state index >= 15 is 0 Å². The lowest BCUT2D eigenvalue weighted by Crippen LogP contribution is -2.39. The van der Waals surface area contributed by atoms with E-state index in [1.54, 1.807) is 0 Å². The molecule has 2 atom stereocenters. The van der Waals surface area contributed by atoms with Crippen LogP contribution in [0.5, 0.6) is 0 Å². The maximum absolute atomic E-state index is 11.5. The SMILES string of the molecule is CC(N)CNC(=O)C1CCN(C)C1. The highest BCUT2D eigenvalue weighted by atomic mass is 16.1. The number of rotatable bonds is 3. The Morgan fingerprint density at radius 2 is 2.46 bits per heavy atom. The van der Waals surface area contributed by atoms with Crippen molar-refractivity contribution in [2.45, 2.75) is 19.4 Å². The summed E-state index contributed by atoms with van der Waals surface area (Å²) in [7, 11) is 2.04. The van der Waals surface area contributed by atoms with Crippen molar-refractivity contribution in [3.8, 4) is 0 Å². The summed E-state index contributed by atoms with van der Waals surface area (Å²) in [5.74, 6) is 0.324. The molecule has 0 aromatic carbocycles. The maximum atomic E-state index is 11.5. The van der Waals surface area contributed by atoms with E-state index in [2.05, 4.69) is 10.2 Å². The lowest BCUT2D eigenvalue weighted by molar-refractivity contribution is -0.124. The second-order valence-electron chi connectivity index (χ2n) is 3.97. The number of hydrogen-bond donors (Lipinski definition) is 2. The molecule has 3 N–H and O–H groups in total. The molecule has 4 nitrogen and oxygen atoms in total. The summed E-state index contributed by atoms with van der Waals surface area (Å²) in [5.41, 5.74) is 5.54. The zero-order valence-electron chi connectivity index (χ0n) is 8.42. The number of carbonyl (C=O) groups is 1. The quantitative estimate of drug-likeness (QED) is 0.617. The van der Waals surface area contributed by atoms with Crippen molar-refractivity contribution in [3.63, 3.8) is 0 Å². The van der Waals surface area contributed by atoms with E-state index in [9.17, 15) is 4.79 Å². The van der Waals surface area contributed by atoms with Crippen LogP contribution in [0.15, 0.2) is 0 Å². The molecule has 1 aliphatic rings. The Kier molecular flexibility index (Phi) is 3.69. The molecule has 0 radical (unpaired) electrons. The first kappa shape index (κ1) is 10.5. The van der Waals surface area contributed by atoms with Gasteiger partial charge in [-0.3, -0.25) is 4.79 Å². The Morgan fingerprint density at radius 3 is 2.92 bits per heavy atom. The van der Waals surface area contributed by atoms with Gasteiger partial charge in [-0.25, -0.2) is 0 Å². The Bertz CT molecular complexity index is 182. The average Bonchev–Trinajstić information content (AvgIpc) is 2.47. The van der Waals surface area contributed by atoms with E-state index in [0.29, 0.717) is 6.54 Å². The van der Waals surface area contributed by atoms with Crippen molar-refractivity contribution >= 4 is 5.91 Å². The number of carbonyl (C=O) groups excluding carboxylic acids is 1. The molecular weight excluding hydrogens is 166 g/mol. The van der Waals surface area contributed by atoms with Gasteiger partial charge in [-0.05, 0) is 26.9 Å². The summed E-state index contributed by atoms with van der Waals surface area (Å²) in [6.45, 7) is 4.38. The second kappa shape index (κ2) is 4.58. The molecule has 0 aromatic heterocycles. The molecule has 0 bridgehead atoms. The topological polar surface area (TPSA) is 58.4 Å². The first-order valence-corrected chi connectivity index (χ1v) is 4.81. The zero-order chi connectivity index (χ0) is 9.84. The fraction of sp³-hybridized carbons (Fsp3) is 0.889. The number of nitrogens with zero attached hydrogens (tertiary/aromatic N) is 1. The molecule has 0 aromatic rings. The third-order valence-electron chi connectivity index (χ3n) is 2.36. The van der Waals surface area contributed by atoms with Crippen LogP contribution in [0.1, 0.15) is 13.3 Å². The molecule has 13 heavy (non-hydrogen) atoms. The molecule has 1 saturated heterocycles. The van der Waals surface area contributed by atoms with Crippen LogP contribution in [-0.4, -0.2) is 43.5 Å². The molecule has 0 saturated carbocycles. The number of hydrogen-bond acceptors (Lipinski definition) is 3. The molecule has 2 unspecified atom stereocenters. The van der Waals surface area contributed by atoms with Crippen molar-refractivity contribution in [1.82, 2.24) is 10.2 Å². The van der Waals surface area contributed by atoms with Gasteiger partial charge in [0.05, 0.1) is 5.92 Å². The molecular formula is C9H19N3O. The molecule has 1 aliphatic heterocycles. The summed E-state index contributed by atoms with van der Waals surface area (Å²) in [5, 5.41) is 2.85. The molecule has 1 amide bonds. The Morgan fingerprint density at radius 1 is 1.77 bits per heavy atom. The predicted octanol–water partition coefficient (Wildman–Crippen LogP) is -0.598.